The van der Waals surface area contributed by atoms with Gasteiger partial charge in [0, 0.05) is 12.0 Å². The van der Waals surface area contributed by atoms with E-state index >= 15 is 0 Å². The fourth-order valence-electron chi connectivity index (χ4n) is 2.11. The lowest BCUT2D eigenvalue weighted by Crippen LogP contribution is -2.40. The number of rotatable bonds is 6. The number of aliphatic carboxylic acids is 1. The van der Waals surface area contributed by atoms with Crippen molar-refractivity contribution in [3.05, 3.63) is 35.7 Å². The van der Waals surface area contributed by atoms with E-state index in [2.05, 4.69) is 15.5 Å². The van der Waals surface area contributed by atoms with Gasteiger partial charge >= 0.3 is 5.97 Å². The first kappa shape index (κ1) is 15.0. The molecule has 1 aromatic heterocycles. The van der Waals surface area contributed by atoms with E-state index in [1.807, 2.05) is 24.3 Å². The summed E-state index contributed by atoms with van der Waals surface area (Å²) in [5.41, 5.74) is -0.263. The molecule has 0 spiro atoms. The van der Waals surface area contributed by atoms with Crippen LogP contribution in [0.5, 0.6) is 5.75 Å². The molecule has 2 aromatic rings. The number of aromatic nitrogens is 4. The van der Waals surface area contributed by atoms with E-state index in [4.69, 9.17) is 4.74 Å². The average Bonchev–Trinajstić information content (AvgIpc) is 2.95. The number of methoxy groups -OCH3 is 1. The van der Waals surface area contributed by atoms with Crippen LogP contribution in [0.25, 0.3) is 0 Å². The number of hydrogen-bond acceptors (Lipinski definition) is 5. The molecule has 21 heavy (non-hydrogen) atoms. The Morgan fingerprint density at radius 1 is 1.43 bits per heavy atom. The van der Waals surface area contributed by atoms with Gasteiger partial charge in [-0.15, -0.1) is 5.10 Å². The molecule has 0 radical (unpaired) electrons. The number of tetrazole rings is 1. The highest BCUT2D eigenvalue weighted by molar-refractivity contribution is 5.76. The van der Waals surface area contributed by atoms with E-state index in [1.165, 1.54) is 4.68 Å². The molecule has 0 amide bonds. The van der Waals surface area contributed by atoms with Gasteiger partial charge in [0.1, 0.15) is 5.75 Å². The summed E-state index contributed by atoms with van der Waals surface area (Å²) >= 11 is 0. The van der Waals surface area contributed by atoms with Crippen molar-refractivity contribution in [3.63, 3.8) is 0 Å². The standard InChI is InChI=1S/C14H18N4O3/c1-4-14(2,13(19)20)18-12(15-16-17-18)9-10-7-5-6-8-11(10)21-3/h5-8H,4,9H2,1-3H3,(H,19,20). The summed E-state index contributed by atoms with van der Waals surface area (Å²) in [7, 11) is 1.59. The predicted octanol–water partition coefficient (Wildman–Crippen LogP) is 1.48. The second-order valence-corrected chi connectivity index (χ2v) is 4.93. The summed E-state index contributed by atoms with van der Waals surface area (Å²) in [6, 6.07) is 7.52. The lowest BCUT2D eigenvalue weighted by molar-refractivity contribution is -0.147. The largest absolute Gasteiger partial charge is 0.496 e. The van der Waals surface area contributed by atoms with Crippen molar-refractivity contribution in [2.24, 2.45) is 0 Å². The molecule has 1 heterocycles. The number of hydrogen-bond donors (Lipinski definition) is 1. The molecule has 0 aliphatic carbocycles. The van der Waals surface area contributed by atoms with Gasteiger partial charge in [-0.25, -0.2) is 9.48 Å². The molecular weight excluding hydrogens is 272 g/mol. The summed E-state index contributed by atoms with van der Waals surface area (Å²) in [5, 5.41) is 20.9. The zero-order valence-corrected chi connectivity index (χ0v) is 12.3. The second kappa shape index (κ2) is 5.90. The zero-order chi connectivity index (χ0) is 15.5. The van der Waals surface area contributed by atoms with Crippen molar-refractivity contribution in [1.29, 1.82) is 0 Å². The first-order valence-corrected chi connectivity index (χ1v) is 6.66. The van der Waals surface area contributed by atoms with Gasteiger partial charge in [-0.3, -0.25) is 0 Å². The Morgan fingerprint density at radius 2 is 2.14 bits per heavy atom. The van der Waals surface area contributed by atoms with Gasteiger partial charge in [0.15, 0.2) is 11.4 Å². The quantitative estimate of drug-likeness (QED) is 0.866. The van der Waals surface area contributed by atoms with Crippen LogP contribution in [0.1, 0.15) is 31.7 Å². The molecule has 7 nitrogen and oxygen atoms in total. The molecule has 0 aliphatic rings. The normalized spacial score (nSPS) is 13.7. The lowest BCUT2D eigenvalue weighted by atomic mass is 9.99. The van der Waals surface area contributed by atoms with Gasteiger partial charge in [-0.2, -0.15) is 0 Å². The minimum Gasteiger partial charge on any atom is -0.496 e. The summed E-state index contributed by atoms with van der Waals surface area (Å²) in [5.74, 6) is 0.255. The second-order valence-electron chi connectivity index (χ2n) is 4.93. The third-order valence-corrected chi connectivity index (χ3v) is 3.69. The average molecular weight is 290 g/mol. The molecule has 0 saturated heterocycles. The highest BCUT2D eigenvalue weighted by atomic mass is 16.5. The maximum Gasteiger partial charge on any atom is 0.331 e. The summed E-state index contributed by atoms with van der Waals surface area (Å²) in [4.78, 5) is 11.5. The van der Waals surface area contributed by atoms with Crippen molar-refractivity contribution >= 4 is 5.97 Å². The van der Waals surface area contributed by atoms with Crippen LogP contribution in [0.15, 0.2) is 24.3 Å². The molecule has 1 atom stereocenters. The number of carboxylic acids is 1. The fourth-order valence-corrected chi connectivity index (χ4v) is 2.11. The van der Waals surface area contributed by atoms with Crippen LogP contribution in [0.4, 0.5) is 0 Å². The predicted molar refractivity (Wildman–Crippen MR) is 75.2 cm³/mol. The highest BCUT2D eigenvalue weighted by Crippen LogP contribution is 2.24. The van der Waals surface area contributed by atoms with Crippen LogP contribution in [0, 0.1) is 0 Å². The van der Waals surface area contributed by atoms with Gasteiger partial charge in [0.25, 0.3) is 0 Å². The monoisotopic (exact) mass is 290 g/mol. The number of para-hydroxylation sites is 1. The Morgan fingerprint density at radius 3 is 2.76 bits per heavy atom. The molecule has 0 aliphatic heterocycles. The van der Waals surface area contributed by atoms with Gasteiger partial charge in [0.05, 0.1) is 7.11 Å². The SMILES string of the molecule is CCC(C)(C(=O)O)n1nnnc1Cc1ccccc1OC. The molecule has 1 aromatic carbocycles. The van der Waals surface area contributed by atoms with E-state index in [9.17, 15) is 9.90 Å². The minimum atomic E-state index is -1.17. The maximum absolute atomic E-state index is 11.5. The highest BCUT2D eigenvalue weighted by Gasteiger charge is 2.36. The Bertz CT molecular complexity index is 641. The van der Waals surface area contributed by atoms with Crippen LogP contribution >= 0.6 is 0 Å². The molecule has 1 unspecified atom stereocenters. The molecule has 0 bridgehead atoms. The topological polar surface area (TPSA) is 90.1 Å². The third-order valence-electron chi connectivity index (χ3n) is 3.69. The van der Waals surface area contributed by atoms with Crippen LogP contribution in [-0.2, 0) is 16.8 Å². The van der Waals surface area contributed by atoms with Crippen LogP contribution < -0.4 is 4.74 Å². The van der Waals surface area contributed by atoms with Gasteiger partial charge < -0.3 is 9.84 Å². The summed E-state index contributed by atoms with van der Waals surface area (Å²) in [6.45, 7) is 3.40. The number of carbonyl (C=O) groups is 1. The lowest BCUT2D eigenvalue weighted by Gasteiger charge is -2.24. The molecular formula is C14H18N4O3. The Hall–Kier alpha value is -2.44. The van der Waals surface area contributed by atoms with Gasteiger partial charge in [0.2, 0.25) is 0 Å². The first-order chi connectivity index (χ1) is 10.0. The molecule has 0 fully saturated rings. The number of carboxylic acid groups (broad SMARTS) is 1. The third kappa shape index (κ3) is 2.72. The van der Waals surface area contributed by atoms with Crippen molar-refractivity contribution in [2.45, 2.75) is 32.2 Å². The van der Waals surface area contributed by atoms with Crippen molar-refractivity contribution in [2.75, 3.05) is 7.11 Å². The molecule has 112 valence electrons. The first-order valence-electron chi connectivity index (χ1n) is 6.66. The fraction of sp³-hybridized carbons (Fsp3) is 0.429. The van der Waals surface area contributed by atoms with Crippen LogP contribution in [0.2, 0.25) is 0 Å². The van der Waals surface area contributed by atoms with Crippen molar-refractivity contribution in [1.82, 2.24) is 20.2 Å². The number of nitrogens with zero attached hydrogens (tertiary/aromatic N) is 4. The van der Waals surface area contributed by atoms with Crippen LogP contribution in [-0.4, -0.2) is 38.4 Å². The molecule has 7 heteroatoms. The van der Waals surface area contributed by atoms with E-state index in [-0.39, 0.29) is 0 Å². The van der Waals surface area contributed by atoms with E-state index in [0.29, 0.717) is 18.7 Å². The van der Waals surface area contributed by atoms with Crippen molar-refractivity contribution in [3.8, 4) is 5.75 Å². The zero-order valence-electron chi connectivity index (χ0n) is 12.3. The minimum absolute atomic E-state index is 0.381. The Balaban J connectivity index is 2.39. The van der Waals surface area contributed by atoms with E-state index in [1.54, 1.807) is 21.0 Å². The Labute approximate surface area is 122 Å². The van der Waals surface area contributed by atoms with E-state index < -0.39 is 11.5 Å². The molecule has 1 N–H and O–H groups in total. The van der Waals surface area contributed by atoms with Crippen molar-refractivity contribution < 1.29 is 14.6 Å². The molecule has 2 rings (SSSR count). The smallest absolute Gasteiger partial charge is 0.331 e. The van der Waals surface area contributed by atoms with Crippen LogP contribution in [0.3, 0.4) is 0 Å². The number of ether oxygens (including phenoxy) is 1. The van der Waals surface area contributed by atoms with E-state index in [0.717, 1.165) is 11.3 Å². The number of benzene rings is 1. The van der Waals surface area contributed by atoms with Gasteiger partial charge in [-0.1, -0.05) is 25.1 Å². The maximum atomic E-state index is 11.5. The summed E-state index contributed by atoms with van der Waals surface area (Å²) in [6.07, 6.45) is 0.784. The summed E-state index contributed by atoms with van der Waals surface area (Å²) < 4.78 is 6.68. The molecule has 0 saturated carbocycles. The Kier molecular flexibility index (Phi) is 4.21. The van der Waals surface area contributed by atoms with Gasteiger partial charge in [-0.05, 0) is 29.8 Å².